The molecule has 0 bridgehead atoms. The van der Waals surface area contributed by atoms with E-state index in [0.29, 0.717) is 26.2 Å². The Balaban J connectivity index is 1.62. The molecule has 24 heavy (non-hydrogen) atoms. The number of nitrogens with zero attached hydrogens (tertiary/aromatic N) is 2. The van der Waals surface area contributed by atoms with E-state index < -0.39 is 6.10 Å². The van der Waals surface area contributed by atoms with E-state index in [9.17, 15) is 9.59 Å². The Morgan fingerprint density at radius 2 is 1.71 bits per heavy atom. The van der Waals surface area contributed by atoms with Crippen molar-refractivity contribution in [3.05, 3.63) is 29.3 Å². The van der Waals surface area contributed by atoms with E-state index in [1.165, 1.54) is 24.0 Å². The molecular formula is C19H26N2O3. The zero-order valence-corrected chi connectivity index (χ0v) is 14.6. The molecule has 1 aliphatic carbocycles. The fraction of sp³-hybridized carbons (Fsp3) is 0.579. The molecule has 3 rings (SSSR count). The monoisotopic (exact) mass is 330 g/mol. The molecule has 1 saturated heterocycles. The van der Waals surface area contributed by atoms with Gasteiger partial charge in [0.15, 0.2) is 6.10 Å². The topological polar surface area (TPSA) is 49.9 Å². The molecule has 2 aliphatic rings. The summed E-state index contributed by atoms with van der Waals surface area (Å²) >= 11 is 0. The van der Waals surface area contributed by atoms with Crippen LogP contribution < -0.4 is 4.74 Å². The van der Waals surface area contributed by atoms with Gasteiger partial charge in [0.05, 0.1) is 0 Å². The normalized spacial score (nSPS) is 18.8. The highest BCUT2D eigenvalue weighted by atomic mass is 16.5. The molecule has 5 nitrogen and oxygen atoms in total. The number of carbonyl (C=O) groups is 2. The van der Waals surface area contributed by atoms with E-state index in [1.54, 1.807) is 16.7 Å². The maximum absolute atomic E-state index is 12.6. The minimum atomic E-state index is -0.498. The average Bonchev–Trinajstić information content (AvgIpc) is 2.61. The van der Waals surface area contributed by atoms with Gasteiger partial charge in [-0.05, 0) is 49.8 Å². The van der Waals surface area contributed by atoms with Crippen LogP contribution in [0.3, 0.4) is 0 Å². The van der Waals surface area contributed by atoms with Crippen LogP contribution in [0.2, 0.25) is 0 Å². The number of carbonyl (C=O) groups excluding carboxylic acids is 2. The summed E-state index contributed by atoms with van der Waals surface area (Å²) in [6, 6.07) is 6.15. The minimum absolute atomic E-state index is 0.00612. The van der Waals surface area contributed by atoms with Gasteiger partial charge in [-0.3, -0.25) is 9.59 Å². The molecule has 1 heterocycles. The van der Waals surface area contributed by atoms with Crippen LogP contribution in [0.1, 0.15) is 37.8 Å². The van der Waals surface area contributed by atoms with Crippen LogP contribution in [-0.2, 0) is 22.4 Å². The minimum Gasteiger partial charge on any atom is -0.481 e. The van der Waals surface area contributed by atoms with E-state index in [0.717, 1.165) is 18.6 Å². The molecule has 1 aromatic rings. The average molecular weight is 330 g/mol. The Labute approximate surface area is 143 Å². The highest BCUT2D eigenvalue weighted by Crippen LogP contribution is 2.30. The summed E-state index contributed by atoms with van der Waals surface area (Å²) in [6.45, 7) is 5.77. The van der Waals surface area contributed by atoms with Crippen LogP contribution in [-0.4, -0.2) is 53.9 Å². The predicted octanol–water partition coefficient (Wildman–Crippen LogP) is 2.02. The summed E-state index contributed by atoms with van der Waals surface area (Å²) in [5, 5.41) is 0. The standard InChI is InChI=1S/C19H26N2O3/c1-14(19(23)21-12-10-20(11-13-21)15(2)22)24-18-9-5-7-16-6-3-4-8-17(16)18/h5,7,9,14H,3-4,6,8,10-13H2,1-2H3. The molecule has 5 heteroatoms. The van der Waals surface area contributed by atoms with E-state index in [2.05, 4.69) is 6.07 Å². The maximum atomic E-state index is 12.6. The first-order chi connectivity index (χ1) is 11.6. The van der Waals surface area contributed by atoms with Crippen molar-refractivity contribution in [1.82, 2.24) is 9.80 Å². The molecule has 1 aliphatic heterocycles. The second-order valence-electron chi connectivity index (χ2n) is 6.69. The first kappa shape index (κ1) is 16.8. The summed E-state index contributed by atoms with van der Waals surface area (Å²) in [4.78, 5) is 27.6. The third-order valence-corrected chi connectivity index (χ3v) is 5.04. The first-order valence-corrected chi connectivity index (χ1v) is 8.88. The highest BCUT2D eigenvalue weighted by molar-refractivity contribution is 5.81. The van der Waals surface area contributed by atoms with Crippen LogP contribution in [0.5, 0.6) is 5.75 Å². The molecule has 0 aromatic heterocycles. The Hall–Kier alpha value is -2.04. The molecule has 0 saturated carbocycles. The van der Waals surface area contributed by atoms with Gasteiger partial charge < -0.3 is 14.5 Å². The number of hydrogen-bond acceptors (Lipinski definition) is 3. The Morgan fingerprint density at radius 3 is 2.42 bits per heavy atom. The molecule has 2 amide bonds. The van der Waals surface area contributed by atoms with Crippen LogP contribution in [0, 0.1) is 0 Å². The molecular weight excluding hydrogens is 304 g/mol. The fourth-order valence-electron chi connectivity index (χ4n) is 3.60. The fourth-order valence-corrected chi connectivity index (χ4v) is 3.60. The van der Waals surface area contributed by atoms with Crippen molar-refractivity contribution in [1.29, 1.82) is 0 Å². The second kappa shape index (κ2) is 7.24. The van der Waals surface area contributed by atoms with Crippen molar-refractivity contribution in [2.45, 2.75) is 45.6 Å². The molecule has 130 valence electrons. The quantitative estimate of drug-likeness (QED) is 0.852. The van der Waals surface area contributed by atoms with Crippen LogP contribution >= 0.6 is 0 Å². The zero-order valence-electron chi connectivity index (χ0n) is 14.6. The van der Waals surface area contributed by atoms with Crippen LogP contribution in [0.15, 0.2) is 18.2 Å². The van der Waals surface area contributed by atoms with E-state index >= 15 is 0 Å². The lowest BCUT2D eigenvalue weighted by Crippen LogP contribution is -2.52. The maximum Gasteiger partial charge on any atom is 0.263 e. The number of ether oxygens (including phenoxy) is 1. The Bertz CT molecular complexity index is 621. The molecule has 0 N–H and O–H groups in total. The molecule has 0 radical (unpaired) electrons. The number of piperazine rings is 1. The predicted molar refractivity (Wildman–Crippen MR) is 92.0 cm³/mol. The molecule has 1 fully saturated rings. The van der Waals surface area contributed by atoms with Crippen LogP contribution in [0.4, 0.5) is 0 Å². The summed E-state index contributed by atoms with van der Waals surface area (Å²) in [5.41, 5.74) is 2.62. The van der Waals surface area contributed by atoms with E-state index in [4.69, 9.17) is 4.74 Å². The molecule has 0 spiro atoms. The van der Waals surface area contributed by atoms with Crippen molar-refractivity contribution in [2.75, 3.05) is 26.2 Å². The van der Waals surface area contributed by atoms with Gasteiger partial charge in [-0.15, -0.1) is 0 Å². The SMILES string of the molecule is CC(=O)N1CCN(C(=O)C(C)Oc2cccc3c2CCCC3)CC1. The third-order valence-electron chi connectivity index (χ3n) is 5.04. The molecule has 1 unspecified atom stereocenters. The largest absolute Gasteiger partial charge is 0.481 e. The van der Waals surface area contributed by atoms with Gasteiger partial charge in [-0.1, -0.05) is 12.1 Å². The van der Waals surface area contributed by atoms with Crippen LogP contribution in [0.25, 0.3) is 0 Å². The zero-order chi connectivity index (χ0) is 17.1. The van der Waals surface area contributed by atoms with Gasteiger partial charge in [0.2, 0.25) is 5.91 Å². The number of rotatable bonds is 3. The van der Waals surface area contributed by atoms with Gasteiger partial charge >= 0.3 is 0 Å². The van der Waals surface area contributed by atoms with Crippen molar-refractivity contribution in [3.8, 4) is 5.75 Å². The number of hydrogen-bond donors (Lipinski definition) is 0. The van der Waals surface area contributed by atoms with E-state index in [-0.39, 0.29) is 11.8 Å². The lowest BCUT2D eigenvalue weighted by molar-refractivity contribution is -0.143. The van der Waals surface area contributed by atoms with E-state index in [1.807, 2.05) is 19.1 Å². The summed E-state index contributed by atoms with van der Waals surface area (Å²) in [6.07, 6.45) is 4.04. The van der Waals surface area contributed by atoms with Crippen molar-refractivity contribution in [2.24, 2.45) is 0 Å². The lowest BCUT2D eigenvalue weighted by Gasteiger charge is -2.35. The number of amides is 2. The number of aryl methyl sites for hydroxylation is 1. The summed E-state index contributed by atoms with van der Waals surface area (Å²) in [7, 11) is 0. The highest BCUT2D eigenvalue weighted by Gasteiger charge is 2.27. The lowest BCUT2D eigenvalue weighted by atomic mass is 9.91. The first-order valence-electron chi connectivity index (χ1n) is 8.88. The smallest absolute Gasteiger partial charge is 0.263 e. The summed E-state index contributed by atoms with van der Waals surface area (Å²) < 4.78 is 6.03. The van der Waals surface area contributed by atoms with Crippen molar-refractivity contribution >= 4 is 11.8 Å². The third kappa shape index (κ3) is 3.55. The van der Waals surface area contributed by atoms with Gasteiger partial charge in [-0.25, -0.2) is 0 Å². The van der Waals surface area contributed by atoms with Gasteiger partial charge in [-0.2, -0.15) is 0 Å². The molecule has 1 aromatic carbocycles. The molecule has 1 atom stereocenters. The summed E-state index contributed by atoms with van der Waals surface area (Å²) in [5.74, 6) is 0.935. The van der Waals surface area contributed by atoms with Gasteiger partial charge in [0.25, 0.3) is 5.91 Å². The second-order valence-corrected chi connectivity index (χ2v) is 6.69. The van der Waals surface area contributed by atoms with Crippen molar-refractivity contribution < 1.29 is 14.3 Å². The Morgan fingerprint density at radius 1 is 1.04 bits per heavy atom. The Kier molecular flexibility index (Phi) is 5.07. The number of benzene rings is 1. The van der Waals surface area contributed by atoms with Crippen molar-refractivity contribution in [3.63, 3.8) is 0 Å². The van der Waals surface area contributed by atoms with Gasteiger partial charge in [0, 0.05) is 33.1 Å². The number of fused-ring (bicyclic) bond motifs is 1. The van der Waals surface area contributed by atoms with Gasteiger partial charge in [0.1, 0.15) is 5.75 Å².